The van der Waals surface area contributed by atoms with E-state index >= 15 is 0 Å². The van der Waals surface area contributed by atoms with Gasteiger partial charge in [0.05, 0.1) is 23.9 Å². The van der Waals surface area contributed by atoms with E-state index in [0.717, 1.165) is 41.9 Å². The molecule has 1 aliphatic rings. The van der Waals surface area contributed by atoms with Crippen molar-refractivity contribution in [1.29, 1.82) is 0 Å². The number of methoxy groups -OCH3 is 1. The van der Waals surface area contributed by atoms with Crippen molar-refractivity contribution in [2.45, 2.75) is 32.7 Å². The number of hydrogen-bond donors (Lipinski definition) is 1. The summed E-state index contributed by atoms with van der Waals surface area (Å²) in [7, 11) is 1.44. The number of carbonyl (C=O) groups excluding carboxylic acids is 1. The van der Waals surface area contributed by atoms with Gasteiger partial charge in [-0.05, 0) is 50.9 Å². The summed E-state index contributed by atoms with van der Waals surface area (Å²) in [4.78, 5) is 20.2. The summed E-state index contributed by atoms with van der Waals surface area (Å²) >= 11 is 1.47. The molecule has 0 saturated carbocycles. The van der Waals surface area contributed by atoms with Crippen LogP contribution in [0.3, 0.4) is 0 Å². The molecule has 0 aliphatic carbocycles. The van der Waals surface area contributed by atoms with Crippen LogP contribution in [0.25, 0.3) is 4.96 Å². The zero-order valence-corrected chi connectivity index (χ0v) is 17.1. The fourth-order valence-electron chi connectivity index (χ4n) is 3.98. The Bertz CT molecular complexity index is 1000. The van der Waals surface area contributed by atoms with E-state index < -0.39 is 0 Å². The quantitative estimate of drug-likeness (QED) is 0.678. The predicted octanol–water partition coefficient (Wildman–Crippen LogP) is 3.09. The first-order valence-electron chi connectivity index (χ1n) is 9.42. The fraction of sp³-hybridized carbons (Fsp3) is 0.450. The van der Waals surface area contributed by atoms with Crippen molar-refractivity contribution in [3.05, 3.63) is 46.1 Å². The highest BCUT2D eigenvalue weighted by molar-refractivity contribution is 7.17. The highest BCUT2D eigenvalue weighted by atomic mass is 32.1. The molecule has 3 heterocycles. The topological polar surface area (TPSA) is 80.0 Å². The van der Waals surface area contributed by atoms with E-state index in [-0.39, 0.29) is 23.8 Å². The molecule has 3 aromatic rings. The first-order chi connectivity index (χ1) is 13.5. The lowest BCUT2D eigenvalue weighted by Crippen LogP contribution is -2.39. The predicted molar refractivity (Wildman–Crippen MR) is 107 cm³/mol. The van der Waals surface area contributed by atoms with Gasteiger partial charge < -0.3 is 9.84 Å². The third-order valence-electron chi connectivity index (χ3n) is 5.47. The number of nitrogens with zero attached hydrogens (tertiary/aromatic N) is 4. The minimum atomic E-state index is -0.135. The number of likely N-dealkylation sites (tertiary alicyclic amines) is 1. The average molecular weight is 401 g/mol. The number of benzene rings is 1. The smallest absolute Gasteiger partial charge is 0.308 e. The molecule has 0 radical (unpaired) electrons. The van der Waals surface area contributed by atoms with Gasteiger partial charge in [-0.15, -0.1) is 5.10 Å². The molecule has 0 bridgehead atoms. The van der Waals surface area contributed by atoms with E-state index in [1.54, 1.807) is 0 Å². The van der Waals surface area contributed by atoms with Crippen molar-refractivity contribution in [1.82, 2.24) is 19.5 Å². The maximum absolute atomic E-state index is 11.9. The summed E-state index contributed by atoms with van der Waals surface area (Å²) in [6.07, 6.45) is 1.49. The first-order valence-corrected chi connectivity index (χ1v) is 10.2. The number of hydrogen-bond acceptors (Lipinski definition) is 7. The van der Waals surface area contributed by atoms with Crippen LogP contribution in [0.2, 0.25) is 0 Å². The van der Waals surface area contributed by atoms with Gasteiger partial charge in [0.25, 0.3) is 0 Å². The number of esters is 1. The zero-order valence-electron chi connectivity index (χ0n) is 16.3. The molecule has 1 saturated heterocycles. The SMILES string of the molecule is COC(=O)C1CCN([C@H](c2ccccc2C)c2sc3nc(C)nn3c2O)CC1. The van der Waals surface area contributed by atoms with Crippen LogP contribution in [0.4, 0.5) is 0 Å². The standard InChI is InChI=1S/C20H24N4O3S/c1-12-6-4-5-7-15(12)16(23-10-8-14(9-11-23)19(26)27-3)17-18(25)24-20(28-17)21-13(2)22-24/h4-7,14,16,25H,8-11H2,1-3H3/t16-/m1/s1. The van der Waals surface area contributed by atoms with E-state index in [1.807, 2.05) is 19.1 Å². The van der Waals surface area contributed by atoms with Crippen LogP contribution in [0.5, 0.6) is 5.88 Å². The summed E-state index contributed by atoms with van der Waals surface area (Å²) in [5.41, 5.74) is 2.31. The molecule has 1 N–H and O–H groups in total. The Morgan fingerprint density at radius 2 is 2.00 bits per heavy atom. The van der Waals surface area contributed by atoms with Crippen molar-refractivity contribution in [3.8, 4) is 5.88 Å². The van der Waals surface area contributed by atoms with Crippen LogP contribution < -0.4 is 0 Å². The maximum Gasteiger partial charge on any atom is 0.308 e. The van der Waals surface area contributed by atoms with Crippen molar-refractivity contribution < 1.29 is 14.6 Å². The zero-order chi connectivity index (χ0) is 19.8. The van der Waals surface area contributed by atoms with Gasteiger partial charge in [0.15, 0.2) is 0 Å². The average Bonchev–Trinajstić information content (AvgIpc) is 3.21. The number of carbonyl (C=O) groups is 1. The van der Waals surface area contributed by atoms with Gasteiger partial charge in [0.1, 0.15) is 5.82 Å². The fourth-order valence-corrected chi connectivity index (χ4v) is 5.14. The number of aromatic hydroxyl groups is 1. The lowest BCUT2D eigenvalue weighted by atomic mass is 9.92. The third kappa shape index (κ3) is 3.27. The Morgan fingerprint density at radius 3 is 2.64 bits per heavy atom. The van der Waals surface area contributed by atoms with Gasteiger partial charge >= 0.3 is 5.97 Å². The molecule has 1 aliphatic heterocycles. The number of piperidine rings is 1. The molecule has 2 aromatic heterocycles. The third-order valence-corrected chi connectivity index (χ3v) is 6.54. The maximum atomic E-state index is 11.9. The summed E-state index contributed by atoms with van der Waals surface area (Å²) in [5.74, 6) is 0.588. The molecule has 4 rings (SSSR count). The van der Waals surface area contributed by atoms with Crippen LogP contribution >= 0.6 is 11.3 Å². The summed E-state index contributed by atoms with van der Waals surface area (Å²) in [6.45, 7) is 5.41. The number of thiazole rings is 1. The van der Waals surface area contributed by atoms with Crippen molar-refractivity contribution in [2.24, 2.45) is 5.92 Å². The lowest BCUT2D eigenvalue weighted by molar-refractivity contribution is -0.147. The second-order valence-electron chi connectivity index (χ2n) is 7.24. The van der Waals surface area contributed by atoms with Crippen molar-refractivity contribution in [3.63, 3.8) is 0 Å². The van der Waals surface area contributed by atoms with E-state index in [0.29, 0.717) is 10.8 Å². The van der Waals surface area contributed by atoms with Gasteiger partial charge in [-0.3, -0.25) is 9.69 Å². The Labute approximate surface area is 167 Å². The Kier molecular flexibility index (Phi) is 5.07. The monoisotopic (exact) mass is 400 g/mol. The second kappa shape index (κ2) is 7.52. The molecular formula is C20H24N4O3S. The number of ether oxygens (including phenoxy) is 1. The van der Waals surface area contributed by atoms with Gasteiger partial charge in [0, 0.05) is 0 Å². The van der Waals surface area contributed by atoms with Crippen LogP contribution in [-0.4, -0.2) is 50.8 Å². The van der Waals surface area contributed by atoms with E-state index in [1.165, 1.54) is 23.0 Å². The first kappa shape index (κ1) is 18.9. The van der Waals surface area contributed by atoms with Crippen LogP contribution in [-0.2, 0) is 9.53 Å². The molecule has 8 heteroatoms. The minimum absolute atomic E-state index is 0.0580. The van der Waals surface area contributed by atoms with Gasteiger partial charge in [0.2, 0.25) is 10.8 Å². The summed E-state index contributed by atoms with van der Waals surface area (Å²) < 4.78 is 6.43. The largest absolute Gasteiger partial charge is 0.492 e. The molecule has 1 atom stereocenters. The molecular weight excluding hydrogens is 376 g/mol. The molecule has 148 valence electrons. The lowest BCUT2D eigenvalue weighted by Gasteiger charge is -2.37. The van der Waals surface area contributed by atoms with Crippen LogP contribution in [0.1, 0.15) is 40.7 Å². The summed E-state index contributed by atoms with van der Waals surface area (Å²) in [6, 6.07) is 8.13. The Hall–Kier alpha value is -2.45. The normalized spacial score (nSPS) is 17.1. The Morgan fingerprint density at radius 1 is 1.29 bits per heavy atom. The highest BCUT2D eigenvalue weighted by Crippen LogP contribution is 2.42. The van der Waals surface area contributed by atoms with Crippen LogP contribution in [0.15, 0.2) is 24.3 Å². The van der Waals surface area contributed by atoms with E-state index in [2.05, 4.69) is 34.0 Å². The van der Waals surface area contributed by atoms with Crippen LogP contribution in [0, 0.1) is 19.8 Å². The highest BCUT2D eigenvalue weighted by Gasteiger charge is 2.34. The summed E-state index contributed by atoms with van der Waals surface area (Å²) in [5, 5.41) is 15.2. The molecule has 0 unspecified atom stereocenters. The number of aryl methyl sites for hydroxylation is 2. The Balaban J connectivity index is 1.73. The molecule has 0 amide bonds. The van der Waals surface area contributed by atoms with Crippen molar-refractivity contribution in [2.75, 3.05) is 20.2 Å². The van der Waals surface area contributed by atoms with Gasteiger partial charge in [-0.1, -0.05) is 35.6 Å². The minimum Gasteiger partial charge on any atom is -0.492 e. The van der Waals surface area contributed by atoms with E-state index in [9.17, 15) is 9.90 Å². The molecule has 7 nitrogen and oxygen atoms in total. The second-order valence-corrected chi connectivity index (χ2v) is 8.24. The molecule has 1 fully saturated rings. The van der Waals surface area contributed by atoms with E-state index in [4.69, 9.17) is 4.74 Å². The molecule has 1 aromatic carbocycles. The van der Waals surface area contributed by atoms with Crippen molar-refractivity contribution >= 4 is 22.3 Å². The van der Waals surface area contributed by atoms with Gasteiger partial charge in [-0.25, -0.2) is 4.98 Å². The molecule has 0 spiro atoms. The number of rotatable bonds is 4. The number of fused-ring (bicyclic) bond motifs is 1. The number of aromatic nitrogens is 3. The van der Waals surface area contributed by atoms with Gasteiger partial charge in [-0.2, -0.15) is 4.52 Å². The molecule has 28 heavy (non-hydrogen) atoms.